The maximum Gasteiger partial charge on any atom is 0.241 e. The molecule has 6 heteroatoms. The van der Waals surface area contributed by atoms with Gasteiger partial charge in [0.1, 0.15) is 5.54 Å². The highest BCUT2D eigenvalue weighted by Gasteiger charge is 2.31. The number of nitrogens with zero attached hydrogens (tertiary/aromatic N) is 2. The normalized spacial score (nSPS) is 11.6. The Balaban J connectivity index is 3.06. The lowest BCUT2D eigenvalue weighted by atomic mass is 9.97. The fourth-order valence-corrected chi connectivity index (χ4v) is 3.23. The van der Waals surface area contributed by atoms with E-state index in [1.807, 2.05) is 12.1 Å². The Kier molecular flexibility index (Phi) is 5.26. The average Bonchev–Trinajstić information content (AvgIpc) is 2.46. The Morgan fingerprint density at radius 2 is 1.70 bits per heavy atom. The molecule has 0 radical (unpaired) electrons. The van der Waals surface area contributed by atoms with Crippen molar-refractivity contribution in [2.24, 2.45) is 0 Å². The molecule has 0 unspecified atom stereocenters. The summed E-state index contributed by atoms with van der Waals surface area (Å²) >= 11 is 0. The van der Waals surface area contributed by atoms with Crippen LogP contribution in [0.15, 0.2) is 29.2 Å². The first kappa shape index (κ1) is 16.2. The van der Waals surface area contributed by atoms with Gasteiger partial charge in [-0.3, -0.25) is 0 Å². The molecule has 0 bridgehead atoms. The van der Waals surface area contributed by atoms with Crippen LogP contribution in [0, 0.1) is 22.7 Å². The van der Waals surface area contributed by atoms with Gasteiger partial charge < -0.3 is 0 Å². The van der Waals surface area contributed by atoms with Crippen LogP contribution in [0.2, 0.25) is 0 Å². The second kappa shape index (κ2) is 6.51. The standard InChI is InChI=1S/C14H17N3O2S/c1-3-14(4-2,11-16)17-20(18,19)13-7-5-12(6-8-13)9-10-15/h5-8,17H,3-4,9H2,1-2H3. The molecule has 5 nitrogen and oxygen atoms in total. The van der Waals surface area contributed by atoms with Crippen LogP contribution in [0.25, 0.3) is 0 Å². The summed E-state index contributed by atoms with van der Waals surface area (Å²) in [6, 6.07) is 10.1. The third-order valence-corrected chi connectivity index (χ3v) is 4.82. The first-order valence-corrected chi connectivity index (χ1v) is 7.82. The van der Waals surface area contributed by atoms with E-state index in [2.05, 4.69) is 4.72 Å². The van der Waals surface area contributed by atoms with Crippen LogP contribution in [0.4, 0.5) is 0 Å². The van der Waals surface area contributed by atoms with Crippen molar-refractivity contribution < 1.29 is 8.42 Å². The summed E-state index contributed by atoms with van der Waals surface area (Å²) in [6.07, 6.45) is 1.03. The van der Waals surface area contributed by atoms with Crippen molar-refractivity contribution in [3.05, 3.63) is 29.8 Å². The molecular formula is C14H17N3O2S. The van der Waals surface area contributed by atoms with Gasteiger partial charge in [-0.05, 0) is 30.5 Å². The molecular weight excluding hydrogens is 274 g/mol. The Labute approximate surface area is 119 Å². The summed E-state index contributed by atoms with van der Waals surface area (Å²) in [6.45, 7) is 3.54. The van der Waals surface area contributed by atoms with Crippen molar-refractivity contribution in [1.82, 2.24) is 4.72 Å². The van der Waals surface area contributed by atoms with Gasteiger partial charge in [0.25, 0.3) is 0 Å². The molecule has 1 rings (SSSR count). The van der Waals surface area contributed by atoms with E-state index >= 15 is 0 Å². The minimum Gasteiger partial charge on any atom is -0.207 e. The fraction of sp³-hybridized carbons (Fsp3) is 0.429. The third-order valence-electron chi connectivity index (χ3n) is 3.27. The van der Waals surface area contributed by atoms with Gasteiger partial charge in [0, 0.05) is 0 Å². The van der Waals surface area contributed by atoms with Crippen molar-refractivity contribution >= 4 is 10.0 Å². The summed E-state index contributed by atoms with van der Waals surface area (Å²) < 4.78 is 27.0. The summed E-state index contributed by atoms with van der Waals surface area (Å²) in [5, 5.41) is 17.8. The molecule has 1 aromatic carbocycles. The molecule has 0 saturated carbocycles. The first-order valence-electron chi connectivity index (χ1n) is 6.34. The first-order chi connectivity index (χ1) is 9.43. The quantitative estimate of drug-likeness (QED) is 0.868. The molecule has 1 aromatic rings. The van der Waals surface area contributed by atoms with Crippen LogP contribution in [0.1, 0.15) is 32.3 Å². The van der Waals surface area contributed by atoms with Gasteiger partial charge >= 0.3 is 0 Å². The number of hydrogen-bond donors (Lipinski definition) is 1. The molecule has 106 valence electrons. The van der Waals surface area contributed by atoms with E-state index in [0.717, 1.165) is 5.56 Å². The number of sulfonamides is 1. The maximum atomic E-state index is 12.3. The Bertz CT molecular complexity index is 632. The number of benzene rings is 1. The number of hydrogen-bond acceptors (Lipinski definition) is 4. The summed E-state index contributed by atoms with van der Waals surface area (Å²) in [4.78, 5) is 0.0979. The van der Waals surface area contributed by atoms with E-state index in [1.54, 1.807) is 26.0 Å². The smallest absolute Gasteiger partial charge is 0.207 e. The zero-order valence-corrected chi connectivity index (χ0v) is 12.4. The van der Waals surface area contributed by atoms with Crippen LogP contribution in [-0.4, -0.2) is 14.0 Å². The van der Waals surface area contributed by atoms with E-state index in [1.165, 1.54) is 12.1 Å². The topological polar surface area (TPSA) is 93.8 Å². The molecule has 0 fully saturated rings. The largest absolute Gasteiger partial charge is 0.241 e. The maximum absolute atomic E-state index is 12.3. The van der Waals surface area contributed by atoms with E-state index in [9.17, 15) is 13.7 Å². The average molecular weight is 291 g/mol. The van der Waals surface area contributed by atoms with Crippen LogP contribution >= 0.6 is 0 Å². The molecule has 20 heavy (non-hydrogen) atoms. The lowest BCUT2D eigenvalue weighted by Crippen LogP contribution is -2.46. The lowest BCUT2D eigenvalue weighted by Gasteiger charge is -2.24. The van der Waals surface area contributed by atoms with Gasteiger partial charge in [-0.1, -0.05) is 26.0 Å². The van der Waals surface area contributed by atoms with Gasteiger partial charge in [-0.15, -0.1) is 0 Å². The third kappa shape index (κ3) is 3.57. The highest BCUT2D eigenvalue weighted by molar-refractivity contribution is 7.89. The second-order valence-corrected chi connectivity index (χ2v) is 6.17. The Hall–Kier alpha value is -1.89. The minimum atomic E-state index is -3.74. The number of rotatable bonds is 6. The van der Waals surface area contributed by atoms with Gasteiger partial charge in [0.15, 0.2) is 0 Å². The monoisotopic (exact) mass is 291 g/mol. The molecule has 1 N–H and O–H groups in total. The highest BCUT2D eigenvalue weighted by atomic mass is 32.2. The molecule has 0 aliphatic rings. The van der Waals surface area contributed by atoms with Gasteiger partial charge in [0.2, 0.25) is 10.0 Å². The van der Waals surface area contributed by atoms with E-state index in [0.29, 0.717) is 12.8 Å². The van der Waals surface area contributed by atoms with Crippen LogP contribution in [0.5, 0.6) is 0 Å². The number of nitriles is 2. The molecule has 0 aromatic heterocycles. The minimum absolute atomic E-state index is 0.0979. The van der Waals surface area contributed by atoms with Crippen molar-refractivity contribution in [2.45, 2.75) is 43.5 Å². The van der Waals surface area contributed by atoms with Crippen LogP contribution in [-0.2, 0) is 16.4 Å². The second-order valence-electron chi connectivity index (χ2n) is 4.49. The van der Waals surface area contributed by atoms with Crippen molar-refractivity contribution in [1.29, 1.82) is 10.5 Å². The molecule has 0 atom stereocenters. The van der Waals surface area contributed by atoms with E-state index < -0.39 is 15.6 Å². The van der Waals surface area contributed by atoms with E-state index in [-0.39, 0.29) is 11.3 Å². The van der Waals surface area contributed by atoms with Crippen LogP contribution in [0.3, 0.4) is 0 Å². The summed E-state index contributed by atoms with van der Waals surface area (Å²) in [7, 11) is -3.74. The molecule has 0 aliphatic heterocycles. The number of nitrogens with one attached hydrogen (secondary N) is 1. The van der Waals surface area contributed by atoms with Crippen LogP contribution < -0.4 is 4.72 Å². The van der Waals surface area contributed by atoms with Crippen molar-refractivity contribution in [2.75, 3.05) is 0 Å². The fourth-order valence-electron chi connectivity index (χ4n) is 1.77. The highest BCUT2D eigenvalue weighted by Crippen LogP contribution is 2.19. The predicted molar refractivity (Wildman–Crippen MR) is 75.0 cm³/mol. The lowest BCUT2D eigenvalue weighted by molar-refractivity contribution is 0.446. The molecule has 0 amide bonds. The van der Waals surface area contributed by atoms with Gasteiger partial charge in [0.05, 0.1) is 23.5 Å². The van der Waals surface area contributed by atoms with Crippen molar-refractivity contribution in [3.63, 3.8) is 0 Å². The van der Waals surface area contributed by atoms with E-state index in [4.69, 9.17) is 5.26 Å². The SMILES string of the molecule is CCC(C#N)(CC)NS(=O)(=O)c1ccc(CC#N)cc1. The van der Waals surface area contributed by atoms with Gasteiger partial charge in [-0.2, -0.15) is 15.2 Å². The molecule has 0 spiro atoms. The summed E-state index contributed by atoms with van der Waals surface area (Å²) in [5.41, 5.74) is -0.326. The van der Waals surface area contributed by atoms with Gasteiger partial charge in [-0.25, -0.2) is 8.42 Å². The molecule has 0 heterocycles. The summed E-state index contributed by atoms with van der Waals surface area (Å²) in [5.74, 6) is 0. The predicted octanol–water partition coefficient (Wildman–Crippen LogP) is 2.11. The molecule has 0 aliphatic carbocycles. The zero-order valence-electron chi connectivity index (χ0n) is 11.5. The Morgan fingerprint density at radius 3 is 2.10 bits per heavy atom. The molecule has 0 saturated heterocycles. The zero-order chi connectivity index (χ0) is 15.2. The van der Waals surface area contributed by atoms with Crippen molar-refractivity contribution in [3.8, 4) is 12.1 Å². The Morgan fingerprint density at radius 1 is 1.15 bits per heavy atom.